The van der Waals surface area contributed by atoms with E-state index in [1.807, 2.05) is 60.7 Å². The molecule has 0 amide bonds. The first kappa shape index (κ1) is 22.6. The van der Waals surface area contributed by atoms with Crippen LogP contribution in [-0.4, -0.2) is 23.9 Å². The second-order valence-electron chi connectivity index (χ2n) is 7.15. The van der Waals surface area contributed by atoms with Crippen LogP contribution in [0.3, 0.4) is 0 Å². The van der Waals surface area contributed by atoms with Crippen molar-refractivity contribution in [2.75, 3.05) is 13.2 Å². The summed E-state index contributed by atoms with van der Waals surface area (Å²) in [6, 6.07) is 22.8. The van der Waals surface area contributed by atoms with E-state index in [4.69, 9.17) is 10.3 Å². The lowest BCUT2D eigenvalue weighted by molar-refractivity contribution is 0.133. The molecular weight excluding hydrogens is 420 g/mol. The zero-order valence-corrected chi connectivity index (χ0v) is 18.2. The molecule has 4 nitrogen and oxygen atoms in total. The van der Waals surface area contributed by atoms with Gasteiger partial charge in [0.05, 0.1) is 12.1 Å². The summed E-state index contributed by atoms with van der Waals surface area (Å²) in [5, 5.41) is 9.48. The Kier molecular flexibility index (Phi) is 8.14. The second kappa shape index (κ2) is 10.8. The number of hydrogen-bond donors (Lipinski definition) is 2. The zero-order chi connectivity index (χ0) is 21.4. The highest BCUT2D eigenvalue weighted by Crippen LogP contribution is 2.32. The molecule has 2 unspecified atom stereocenters. The summed E-state index contributed by atoms with van der Waals surface area (Å²) in [6.07, 6.45) is 1.10. The second-order valence-corrected chi connectivity index (χ2v) is 8.75. The molecule has 0 bridgehead atoms. The third kappa shape index (κ3) is 6.21. The standard InChI is InChI=1S/C23H24FNO3PS/c24-22-14-20(30-19-4-2-1-3-5-19)10-11-21(22)18-8-6-17(7-9-18)12-13-23(25,15-26)16-28-29-27/h1-11,14,26,29H,12-13,15-16,25H2/q+1. The van der Waals surface area contributed by atoms with Crippen molar-refractivity contribution in [3.05, 3.63) is 84.2 Å². The Morgan fingerprint density at radius 2 is 1.77 bits per heavy atom. The number of aliphatic hydroxyl groups is 1. The summed E-state index contributed by atoms with van der Waals surface area (Å²) in [6.45, 7) is -0.226. The maximum atomic E-state index is 14.7. The highest BCUT2D eigenvalue weighted by molar-refractivity contribution is 7.99. The molecule has 0 aromatic heterocycles. The molecule has 7 heteroatoms. The molecule has 0 fully saturated rings. The third-order valence-corrected chi connectivity index (χ3v) is 6.09. The average molecular weight is 444 g/mol. The van der Waals surface area contributed by atoms with Crippen molar-refractivity contribution >= 4 is 20.4 Å². The first-order valence-electron chi connectivity index (χ1n) is 9.53. The predicted molar refractivity (Wildman–Crippen MR) is 120 cm³/mol. The normalized spacial score (nSPS) is 13.3. The minimum absolute atomic E-state index is 0.0298. The Labute approximate surface area is 181 Å². The highest BCUT2D eigenvalue weighted by Gasteiger charge is 2.26. The first-order chi connectivity index (χ1) is 14.5. The van der Waals surface area contributed by atoms with Crippen molar-refractivity contribution in [2.45, 2.75) is 28.2 Å². The molecule has 2 atom stereocenters. The number of hydrogen-bond acceptors (Lipinski definition) is 5. The maximum Gasteiger partial charge on any atom is 0.494 e. The molecule has 3 N–H and O–H groups in total. The predicted octanol–water partition coefficient (Wildman–Crippen LogP) is 5.22. The van der Waals surface area contributed by atoms with Crippen LogP contribution < -0.4 is 5.73 Å². The van der Waals surface area contributed by atoms with Crippen molar-refractivity contribution in [1.82, 2.24) is 0 Å². The van der Waals surface area contributed by atoms with Crippen molar-refractivity contribution in [2.24, 2.45) is 5.73 Å². The Balaban J connectivity index is 1.66. The number of aliphatic hydroxyl groups excluding tert-OH is 1. The van der Waals surface area contributed by atoms with E-state index in [0.717, 1.165) is 20.9 Å². The van der Waals surface area contributed by atoms with Gasteiger partial charge in [-0.05, 0) is 52.8 Å². The Morgan fingerprint density at radius 1 is 1.03 bits per heavy atom. The molecule has 30 heavy (non-hydrogen) atoms. The van der Waals surface area contributed by atoms with Crippen LogP contribution >= 0.6 is 20.4 Å². The summed E-state index contributed by atoms with van der Waals surface area (Å²) >= 11 is 1.52. The fourth-order valence-electron chi connectivity index (χ4n) is 3.03. The van der Waals surface area contributed by atoms with Gasteiger partial charge in [-0.25, -0.2) is 4.39 Å². The Hall–Kier alpha value is -2.08. The van der Waals surface area contributed by atoms with Gasteiger partial charge in [0, 0.05) is 15.4 Å². The third-order valence-electron chi connectivity index (χ3n) is 4.83. The largest absolute Gasteiger partial charge is 0.494 e. The van der Waals surface area contributed by atoms with Gasteiger partial charge in [-0.1, -0.05) is 60.3 Å². The molecule has 0 aliphatic carbocycles. The van der Waals surface area contributed by atoms with Crippen molar-refractivity contribution in [1.29, 1.82) is 0 Å². The quantitative estimate of drug-likeness (QED) is 0.420. The molecule has 0 radical (unpaired) electrons. The number of nitrogens with two attached hydrogens (primary N) is 1. The zero-order valence-electron chi connectivity index (χ0n) is 16.4. The van der Waals surface area contributed by atoms with Gasteiger partial charge in [-0.3, -0.25) is 0 Å². The van der Waals surface area contributed by atoms with Gasteiger partial charge >= 0.3 is 8.69 Å². The lowest BCUT2D eigenvalue weighted by Crippen LogP contribution is -2.47. The van der Waals surface area contributed by atoms with Gasteiger partial charge in [0.15, 0.2) is 0 Å². The first-order valence-corrected chi connectivity index (χ1v) is 11.2. The van der Waals surface area contributed by atoms with E-state index in [1.165, 1.54) is 11.8 Å². The van der Waals surface area contributed by atoms with Crippen LogP contribution in [0.2, 0.25) is 0 Å². The van der Waals surface area contributed by atoms with Gasteiger partial charge in [0.2, 0.25) is 0 Å². The van der Waals surface area contributed by atoms with Crippen molar-refractivity contribution in [3.8, 4) is 11.1 Å². The summed E-state index contributed by atoms with van der Waals surface area (Å²) < 4.78 is 30.1. The summed E-state index contributed by atoms with van der Waals surface area (Å²) in [4.78, 5) is 1.91. The fraction of sp³-hybridized carbons (Fsp3) is 0.217. The van der Waals surface area contributed by atoms with Gasteiger partial charge in [0.1, 0.15) is 12.4 Å². The monoisotopic (exact) mass is 444 g/mol. The average Bonchev–Trinajstić information content (AvgIpc) is 2.78. The van der Waals surface area contributed by atoms with Crippen molar-refractivity contribution < 1.29 is 18.6 Å². The number of halogens is 1. The number of aryl methyl sites for hydroxylation is 1. The van der Waals surface area contributed by atoms with E-state index < -0.39 is 14.2 Å². The topological polar surface area (TPSA) is 72.6 Å². The smallest absolute Gasteiger partial charge is 0.394 e. The van der Waals surface area contributed by atoms with Crippen LogP contribution in [0.15, 0.2) is 82.6 Å². The van der Waals surface area contributed by atoms with E-state index in [0.29, 0.717) is 18.4 Å². The molecular formula is C23H24FNO3PS+. The Bertz CT molecular complexity index is 972. The molecule has 3 aromatic rings. The summed E-state index contributed by atoms with van der Waals surface area (Å²) in [7, 11) is -0.901. The number of benzene rings is 3. The Morgan fingerprint density at radius 3 is 2.40 bits per heavy atom. The van der Waals surface area contributed by atoms with Gasteiger partial charge in [-0.2, -0.15) is 0 Å². The molecule has 0 heterocycles. The summed E-state index contributed by atoms with van der Waals surface area (Å²) in [5.74, 6) is -0.263. The molecule has 156 valence electrons. The molecule has 0 spiro atoms. The van der Waals surface area contributed by atoms with Gasteiger partial charge < -0.3 is 10.8 Å². The van der Waals surface area contributed by atoms with Crippen LogP contribution in [0.25, 0.3) is 11.1 Å². The van der Waals surface area contributed by atoms with Crippen LogP contribution in [0.1, 0.15) is 12.0 Å². The molecule has 0 saturated carbocycles. The van der Waals surface area contributed by atoms with Crippen LogP contribution in [0.4, 0.5) is 4.39 Å². The lowest BCUT2D eigenvalue weighted by Gasteiger charge is -2.24. The van der Waals surface area contributed by atoms with E-state index in [-0.39, 0.29) is 19.0 Å². The molecule has 0 aliphatic rings. The summed E-state index contributed by atoms with van der Waals surface area (Å²) in [5.41, 5.74) is 7.51. The highest BCUT2D eigenvalue weighted by atomic mass is 32.2. The molecule has 3 rings (SSSR count). The molecule has 0 saturated heterocycles. The van der Waals surface area contributed by atoms with E-state index in [9.17, 15) is 14.1 Å². The van der Waals surface area contributed by atoms with Gasteiger partial charge in [0.25, 0.3) is 0 Å². The van der Waals surface area contributed by atoms with Crippen molar-refractivity contribution in [3.63, 3.8) is 0 Å². The minimum Gasteiger partial charge on any atom is -0.394 e. The van der Waals surface area contributed by atoms with Crippen LogP contribution in [0.5, 0.6) is 0 Å². The van der Waals surface area contributed by atoms with E-state index in [2.05, 4.69) is 0 Å². The van der Waals surface area contributed by atoms with Gasteiger partial charge in [-0.15, -0.1) is 4.52 Å². The van der Waals surface area contributed by atoms with E-state index >= 15 is 0 Å². The van der Waals surface area contributed by atoms with Crippen LogP contribution in [0, 0.1) is 5.82 Å². The lowest BCUT2D eigenvalue weighted by atomic mass is 9.93. The maximum absolute atomic E-state index is 14.7. The van der Waals surface area contributed by atoms with Crippen LogP contribution in [-0.2, 0) is 15.5 Å². The number of rotatable bonds is 10. The molecule has 0 aliphatic heterocycles. The molecule has 3 aromatic carbocycles. The van der Waals surface area contributed by atoms with E-state index in [1.54, 1.807) is 12.1 Å². The fourth-order valence-corrected chi connectivity index (χ4v) is 4.24. The minimum atomic E-state index is -0.936. The SMILES string of the molecule is NC(CO)(CCc1ccc(-c2ccc(Sc3ccccc3)cc2F)cc1)CO[PH+]=O.